The van der Waals surface area contributed by atoms with Crippen LogP contribution in [-0.2, 0) is 0 Å². The third-order valence-corrected chi connectivity index (χ3v) is 3.42. The number of nitrogens with zero attached hydrogens (tertiary/aromatic N) is 4. The minimum absolute atomic E-state index is 0.230. The van der Waals surface area contributed by atoms with Crippen LogP contribution in [0.25, 0.3) is 5.65 Å². The van der Waals surface area contributed by atoms with Crippen molar-refractivity contribution in [3.05, 3.63) is 53.3 Å². The molecule has 5 nitrogen and oxygen atoms in total. The molecule has 2 aromatic heterocycles. The van der Waals surface area contributed by atoms with E-state index in [9.17, 15) is 5.11 Å². The highest BCUT2D eigenvalue weighted by Gasteiger charge is 2.09. The molecule has 0 aliphatic rings. The van der Waals surface area contributed by atoms with Crippen molar-refractivity contribution in [1.82, 2.24) is 9.38 Å². The molecule has 2 heterocycles. The maximum atomic E-state index is 9.42. The molecule has 0 aliphatic carbocycles. The molecular weight excluding hydrogens is 264 g/mol. The van der Waals surface area contributed by atoms with Gasteiger partial charge in [-0.15, -0.1) is 10.2 Å². The topological polar surface area (TPSA) is 62.2 Å². The minimum atomic E-state index is 0.230. The second-order valence-corrected chi connectivity index (χ2v) is 5.08. The molecule has 0 fully saturated rings. The van der Waals surface area contributed by atoms with E-state index in [1.807, 2.05) is 43.5 Å². The summed E-state index contributed by atoms with van der Waals surface area (Å²) in [7, 11) is 0. The maximum Gasteiger partial charge on any atom is 0.182 e. The number of azo groups is 1. The number of pyridine rings is 1. The van der Waals surface area contributed by atoms with Gasteiger partial charge in [-0.3, -0.25) is 4.40 Å². The molecule has 0 radical (unpaired) electrons. The summed E-state index contributed by atoms with van der Waals surface area (Å²) in [6.45, 7) is 5.83. The Bertz CT molecular complexity index is 849. The first-order valence-electron chi connectivity index (χ1n) is 6.72. The monoisotopic (exact) mass is 280 g/mol. The number of hydrogen-bond donors (Lipinski definition) is 1. The van der Waals surface area contributed by atoms with Crippen LogP contribution < -0.4 is 0 Å². The molecule has 5 heteroatoms. The Morgan fingerprint density at radius 2 is 1.86 bits per heavy atom. The molecule has 21 heavy (non-hydrogen) atoms. The molecule has 0 bridgehead atoms. The Balaban J connectivity index is 2.07. The van der Waals surface area contributed by atoms with E-state index in [-0.39, 0.29) is 5.75 Å². The highest BCUT2D eigenvalue weighted by Crippen LogP contribution is 2.27. The highest BCUT2D eigenvalue weighted by atomic mass is 16.3. The maximum absolute atomic E-state index is 9.42. The van der Waals surface area contributed by atoms with E-state index >= 15 is 0 Å². The summed E-state index contributed by atoms with van der Waals surface area (Å²) in [5.74, 6) is 0.953. The van der Waals surface area contributed by atoms with Gasteiger partial charge in [-0.05, 0) is 56.2 Å². The van der Waals surface area contributed by atoms with E-state index in [1.165, 1.54) is 0 Å². The fourth-order valence-corrected chi connectivity index (χ4v) is 2.28. The number of aryl methyl sites for hydroxylation is 3. The Morgan fingerprint density at radius 3 is 2.62 bits per heavy atom. The van der Waals surface area contributed by atoms with Crippen LogP contribution in [0.3, 0.4) is 0 Å². The van der Waals surface area contributed by atoms with E-state index in [0.29, 0.717) is 0 Å². The number of fused-ring (bicyclic) bond motifs is 1. The summed E-state index contributed by atoms with van der Waals surface area (Å²) in [5.41, 5.74) is 4.44. The second-order valence-electron chi connectivity index (χ2n) is 5.08. The smallest absolute Gasteiger partial charge is 0.182 e. The van der Waals surface area contributed by atoms with Gasteiger partial charge in [-0.25, -0.2) is 4.98 Å². The molecule has 0 amide bonds. The Labute approximate surface area is 122 Å². The minimum Gasteiger partial charge on any atom is -0.508 e. The molecule has 0 aliphatic heterocycles. The Morgan fingerprint density at radius 1 is 1.05 bits per heavy atom. The number of imidazole rings is 1. The SMILES string of the molecule is Cc1cc(O)ccc1N=Nc1c(C)nc2c(C)cccn12. The van der Waals surface area contributed by atoms with Gasteiger partial charge in [0.2, 0.25) is 0 Å². The van der Waals surface area contributed by atoms with Gasteiger partial charge in [0, 0.05) is 6.20 Å². The number of phenolic OH excluding ortho intramolecular Hbond substituents is 1. The summed E-state index contributed by atoms with van der Waals surface area (Å²) in [6.07, 6.45) is 1.93. The summed E-state index contributed by atoms with van der Waals surface area (Å²) in [5, 5.41) is 18.0. The van der Waals surface area contributed by atoms with E-state index in [2.05, 4.69) is 15.2 Å². The van der Waals surface area contributed by atoms with Crippen LogP contribution in [0.15, 0.2) is 46.8 Å². The first-order valence-corrected chi connectivity index (χ1v) is 6.72. The van der Waals surface area contributed by atoms with Gasteiger partial charge >= 0.3 is 0 Å². The molecule has 1 N–H and O–H groups in total. The largest absolute Gasteiger partial charge is 0.508 e. The van der Waals surface area contributed by atoms with Crippen molar-refractivity contribution in [2.24, 2.45) is 10.2 Å². The van der Waals surface area contributed by atoms with Gasteiger partial charge in [0.25, 0.3) is 0 Å². The number of hydrogen-bond acceptors (Lipinski definition) is 4. The molecule has 106 valence electrons. The summed E-state index contributed by atoms with van der Waals surface area (Å²) in [4.78, 5) is 4.53. The quantitative estimate of drug-likeness (QED) is 0.708. The van der Waals surface area contributed by atoms with Crippen molar-refractivity contribution < 1.29 is 5.11 Å². The van der Waals surface area contributed by atoms with Crippen molar-refractivity contribution >= 4 is 17.2 Å². The third kappa shape index (κ3) is 2.38. The van der Waals surface area contributed by atoms with E-state index in [0.717, 1.165) is 34.0 Å². The lowest BCUT2D eigenvalue weighted by molar-refractivity contribution is 0.475. The van der Waals surface area contributed by atoms with Crippen LogP contribution in [0.5, 0.6) is 5.75 Å². The van der Waals surface area contributed by atoms with Gasteiger partial charge in [0.15, 0.2) is 5.82 Å². The average molecular weight is 280 g/mol. The number of rotatable bonds is 2. The van der Waals surface area contributed by atoms with Crippen LogP contribution in [-0.4, -0.2) is 14.5 Å². The van der Waals surface area contributed by atoms with Crippen molar-refractivity contribution in [3.63, 3.8) is 0 Å². The average Bonchev–Trinajstić information content (AvgIpc) is 2.76. The highest BCUT2D eigenvalue weighted by molar-refractivity contribution is 5.56. The lowest BCUT2D eigenvalue weighted by atomic mass is 10.2. The molecule has 1 aromatic carbocycles. The van der Waals surface area contributed by atoms with Crippen molar-refractivity contribution in [1.29, 1.82) is 0 Å². The van der Waals surface area contributed by atoms with Gasteiger partial charge < -0.3 is 5.11 Å². The third-order valence-electron chi connectivity index (χ3n) is 3.42. The zero-order chi connectivity index (χ0) is 15.0. The van der Waals surface area contributed by atoms with Crippen LogP contribution in [0.2, 0.25) is 0 Å². The fourth-order valence-electron chi connectivity index (χ4n) is 2.28. The van der Waals surface area contributed by atoms with Crippen LogP contribution >= 0.6 is 0 Å². The second kappa shape index (κ2) is 5.01. The summed E-state index contributed by atoms with van der Waals surface area (Å²) < 4.78 is 1.93. The Kier molecular flexibility index (Phi) is 3.17. The molecule has 0 unspecified atom stereocenters. The zero-order valence-electron chi connectivity index (χ0n) is 12.2. The summed E-state index contributed by atoms with van der Waals surface area (Å²) in [6, 6.07) is 9.01. The Hall–Kier alpha value is -2.69. The fraction of sp³-hybridized carbons (Fsp3) is 0.188. The van der Waals surface area contributed by atoms with Gasteiger partial charge in [0.1, 0.15) is 11.4 Å². The normalized spacial score (nSPS) is 11.6. The molecule has 0 spiro atoms. The molecule has 0 saturated heterocycles. The van der Waals surface area contributed by atoms with E-state index < -0.39 is 0 Å². The lowest BCUT2D eigenvalue weighted by Crippen LogP contribution is -1.85. The van der Waals surface area contributed by atoms with Gasteiger partial charge in [0.05, 0.1) is 11.4 Å². The predicted molar refractivity (Wildman–Crippen MR) is 81.7 cm³/mol. The lowest BCUT2D eigenvalue weighted by Gasteiger charge is -2.00. The number of phenols is 1. The molecule has 0 atom stereocenters. The predicted octanol–water partition coefficient (Wildman–Crippen LogP) is 4.38. The van der Waals surface area contributed by atoms with Crippen molar-refractivity contribution in [2.45, 2.75) is 20.8 Å². The van der Waals surface area contributed by atoms with Gasteiger partial charge in [-0.1, -0.05) is 6.07 Å². The molecule has 3 rings (SSSR count). The van der Waals surface area contributed by atoms with E-state index in [4.69, 9.17) is 0 Å². The number of benzene rings is 1. The standard InChI is InChI=1S/C16H16N4O/c1-10-5-4-8-20-15(10)17-12(3)16(20)19-18-14-7-6-13(21)9-11(14)2/h4-9,21H,1-3H3. The molecule has 0 saturated carbocycles. The van der Waals surface area contributed by atoms with Crippen LogP contribution in [0.4, 0.5) is 11.5 Å². The number of aromatic nitrogens is 2. The zero-order valence-corrected chi connectivity index (χ0v) is 12.2. The first-order chi connectivity index (χ1) is 10.1. The van der Waals surface area contributed by atoms with Crippen molar-refractivity contribution in [2.75, 3.05) is 0 Å². The molecule has 3 aromatic rings. The van der Waals surface area contributed by atoms with Gasteiger partial charge in [-0.2, -0.15) is 0 Å². The van der Waals surface area contributed by atoms with Crippen molar-refractivity contribution in [3.8, 4) is 5.75 Å². The first kappa shape index (κ1) is 13.3. The van der Waals surface area contributed by atoms with Crippen LogP contribution in [0, 0.1) is 20.8 Å². The molecular formula is C16H16N4O. The summed E-state index contributed by atoms with van der Waals surface area (Å²) >= 11 is 0. The number of aromatic hydroxyl groups is 1. The van der Waals surface area contributed by atoms with E-state index in [1.54, 1.807) is 18.2 Å². The van der Waals surface area contributed by atoms with Crippen LogP contribution in [0.1, 0.15) is 16.8 Å².